The van der Waals surface area contributed by atoms with Crippen molar-refractivity contribution in [3.05, 3.63) is 11.6 Å². The van der Waals surface area contributed by atoms with Crippen molar-refractivity contribution in [1.29, 1.82) is 0 Å². The molecule has 0 radical (unpaired) electrons. The Morgan fingerprint density at radius 2 is 1.70 bits per heavy atom. The smallest absolute Gasteiger partial charge is 0.303 e. The summed E-state index contributed by atoms with van der Waals surface area (Å²) in [6.07, 6.45) is -4.08. The Morgan fingerprint density at radius 1 is 1.10 bits per heavy atom. The number of aliphatic hydroxyl groups excluding tert-OH is 1. The zero-order valence-electron chi connectivity index (χ0n) is 22.9. The van der Waals surface area contributed by atoms with Gasteiger partial charge in [0, 0.05) is 30.1 Å². The van der Waals surface area contributed by atoms with Gasteiger partial charge in [0.05, 0.1) is 18.6 Å². The highest BCUT2D eigenvalue weighted by atomic mass is 32.2. The van der Waals surface area contributed by atoms with E-state index in [1.807, 2.05) is 0 Å². The number of Topliss-reactive ketones (excluding diaryl/α,β-unsaturated/α-hetero) is 1. The second-order valence-corrected chi connectivity index (χ2v) is 15.2. The predicted molar refractivity (Wildman–Crippen MR) is 135 cm³/mol. The summed E-state index contributed by atoms with van der Waals surface area (Å²) in [5, 5.41) is 23.3. The lowest BCUT2D eigenvalue weighted by atomic mass is 9.42. The third-order valence-corrected chi connectivity index (χ3v) is 10.8. The molecule has 4 aliphatic rings. The van der Waals surface area contributed by atoms with Crippen molar-refractivity contribution >= 4 is 37.8 Å². The highest BCUT2D eigenvalue weighted by Gasteiger charge is 2.78. The van der Waals surface area contributed by atoms with Crippen LogP contribution in [-0.2, 0) is 47.7 Å². The van der Waals surface area contributed by atoms with Crippen LogP contribution in [0.3, 0.4) is 0 Å². The number of rotatable bonds is 7. The topological polar surface area (TPSA) is 188 Å². The number of carbonyl (C=O) groups is 3. The van der Waals surface area contributed by atoms with Crippen LogP contribution in [0.1, 0.15) is 52.9 Å². The van der Waals surface area contributed by atoms with Crippen LogP contribution >= 0.6 is 0 Å². The summed E-state index contributed by atoms with van der Waals surface area (Å²) in [6, 6.07) is 0. The molecule has 0 amide bonds. The lowest BCUT2D eigenvalue weighted by molar-refractivity contribution is -0.254. The molecule has 226 valence electrons. The Hall–Kier alpha value is -1.78. The third kappa shape index (κ3) is 4.66. The van der Waals surface area contributed by atoms with Crippen LogP contribution < -0.4 is 0 Å². The molecule has 4 rings (SSSR count). The molecule has 9 atom stereocenters. The van der Waals surface area contributed by atoms with Crippen LogP contribution in [0, 0.1) is 22.7 Å². The Kier molecular flexibility index (Phi) is 7.50. The van der Waals surface area contributed by atoms with Gasteiger partial charge in [0.25, 0.3) is 20.2 Å². The maximum atomic E-state index is 17.9. The standard InChI is InChI=1S/C25H35FO12S2/c1-13(27)36-12-18(30)24(31)9-7-15-19-21(38-40(5,34)35)20(37-39(4,32)33)16-10-14(28)6-8-22(16,2)25(19,26)17(29)11-23(15,24)3/h10,15,17,19-21,29,31H,6-9,11-12H2,1-5H3/t15-,17-,19+,20-,21+,22-,23-,24-,25+/m0/s1. The van der Waals surface area contributed by atoms with E-state index in [1.54, 1.807) is 0 Å². The van der Waals surface area contributed by atoms with Gasteiger partial charge in [0.2, 0.25) is 5.78 Å². The van der Waals surface area contributed by atoms with E-state index in [0.29, 0.717) is 12.5 Å². The van der Waals surface area contributed by atoms with E-state index < -0.39 is 103 Å². The summed E-state index contributed by atoms with van der Waals surface area (Å²) in [5.74, 6) is -4.73. The summed E-state index contributed by atoms with van der Waals surface area (Å²) in [6.45, 7) is 3.19. The van der Waals surface area contributed by atoms with Gasteiger partial charge in [-0.3, -0.25) is 22.7 Å². The Balaban J connectivity index is 1.95. The number of carbonyl (C=O) groups excluding carboxylic acids is 3. The van der Waals surface area contributed by atoms with E-state index >= 15 is 4.39 Å². The SMILES string of the molecule is CC(=O)OCC(=O)[C@@]1(O)CC[C@H]2[C@@H]3[C@@H](OS(C)(=O)=O)[C@@H](OS(C)(=O)=O)C4=CC(=O)CC[C@]4(C)[C@@]3(F)[C@@H](O)C[C@@]21C. The molecule has 0 heterocycles. The van der Waals surface area contributed by atoms with Crippen molar-refractivity contribution in [2.45, 2.75) is 82.5 Å². The molecule has 40 heavy (non-hydrogen) atoms. The van der Waals surface area contributed by atoms with E-state index in [4.69, 9.17) is 13.1 Å². The molecule has 4 aliphatic carbocycles. The largest absolute Gasteiger partial charge is 0.458 e. The van der Waals surface area contributed by atoms with Gasteiger partial charge in [-0.05, 0) is 43.3 Å². The number of esters is 1. The van der Waals surface area contributed by atoms with Gasteiger partial charge >= 0.3 is 5.97 Å². The van der Waals surface area contributed by atoms with Crippen LogP contribution in [0.2, 0.25) is 0 Å². The Bertz CT molecular complexity index is 1380. The summed E-state index contributed by atoms with van der Waals surface area (Å²) < 4.78 is 83.1. The molecule has 0 unspecified atom stereocenters. The van der Waals surface area contributed by atoms with E-state index in [-0.39, 0.29) is 31.3 Å². The minimum atomic E-state index is -4.41. The number of hydrogen-bond acceptors (Lipinski definition) is 12. The highest BCUT2D eigenvalue weighted by Crippen LogP contribution is 2.71. The Labute approximate surface area is 232 Å². The van der Waals surface area contributed by atoms with Crippen LogP contribution in [0.4, 0.5) is 4.39 Å². The first-order valence-electron chi connectivity index (χ1n) is 12.9. The molecule has 0 saturated heterocycles. The highest BCUT2D eigenvalue weighted by molar-refractivity contribution is 7.86. The predicted octanol–water partition coefficient (Wildman–Crippen LogP) is 0.354. The quantitative estimate of drug-likeness (QED) is 0.298. The van der Waals surface area contributed by atoms with Crippen molar-refractivity contribution in [3.8, 4) is 0 Å². The Morgan fingerprint density at radius 3 is 2.25 bits per heavy atom. The zero-order chi connectivity index (χ0) is 30.3. The zero-order valence-corrected chi connectivity index (χ0v) is 24.5. The summed E-state index contributed by atoms with van der Waals surface area (Å²) in [4.78, 5) is 37.0. The molecule has 3 fully saturated rings. The minimum absolute atomic E-state index is 0.0366. The average Bonchev–Trinajstić information content (AvgIpc) is 3.06. The van der Waals surface area contributed by atoms with Crippen LogP contribution in [0.15, 0.2) is 11.6 Å². The van der Waals surface area contributed by atoms with Crippen molar-refractivity contribution in [1.82, 2.24) is 0 Å². The lowest BCUT2D eigenvalue weighted by Crippen LogP contribution is -2.75. The van der Waals surface area contributed by atoms with Crippen molar-refractivity contribution in [2.24, 2.45) is 22.7 Å². The molecular weight excluding hydrogens is 575 g/mol. The number of hydrogen-bond donors (Lipinski definition) is 2. The van der Waals surface area contributed by atoms with Gasteiger partial charge in [-0.2, -0.15) is 16.8 Å². The molecule has 2 N–H and O–H groups in total. The van der Waals surface area contributed by atoms with E-state index in [9.17, 15) is 41.4 Å². The van der Waals surface area contributed by atoms with Crippen molar-refractivity contribution < 1.29 is 58.9 Å². The second-order valence-electron chi connectivity index (χ2n) is 12.0. The summed E-state index contributed by atoms with van der Waals surface area (Å²) in [5.41, 5.74) is -8.29. The van der Waals surface area contributed by atoms with Crippen LogP contribution in [-0.4, -0.2) is 93.3 Å². The average molecular weight is 611 g/mol. The fraction of sp³-hybridized carbons (Fsp3) is 0.800. The molecule has 0 aliphatic heterocycles. The molecule has 15 heteroatoms. The summed E-state index contributed by atoms with van der Waals surface area (Å²) >= 11 is 0. The molecule has 0 aromatic heterocycles. The van der Waals surface area contributed by atoms with E-state index in [0.717, 1.165) is 13.0 Å². The fourth-order valence-corrected chi connectivity index (χ4v) is 9.10. The number of halogens is 1. The first kappa shape index (κ1) is 31.2. The van der Waals surface area contributed by atoms with Gasteiger partial charge < -0.3 is 14.9 Å². The van der Waals surface area contributed by atoms with Gasteiger partial charge in [-0.1, -0.05) is 13.8 Å². The first-order chi connectivity index (χ1) is 18.1. The summed E-state index contributed by atoms with van der Waals surface area (Å²) in [7, 11) is -8.74. The number of ether oxygens (including phenoxy) is 1. The molecule has 3 saturated carbocycles. The molecule has 0 aromatic carbocycles. The first-order valence-corrected chi connectivity index (χ1v) is 16.5. The van der Waals surface area contributed by atoms with Crippen LogP contribution in [0.5, 0.6) is 0 Å². The monoisotopic (exact) mass is 610 g/mol. The number of aliphatic hydroxyl groups is 2. The lowest BCUT2D eigenvalue weighted by Gasteiger charge is -2.65. The maximum Gasteiger partial charge on any atom is 0.303 e. The molecular formula is C25H35FO12S2. The fourth-order valence-electron chi connectivity index (χ4n) is 7.89. The minimum Gasteiger partial charge on any atom is -0.458 e. The van der Waals surface area contributed by atoms with Crippen molar-refractivity contribution in [3.63, 3.8) is 0 Å². The van der Waals surface area contributed by atoms with Gasteiger partial charge in [0.1, 0.15) is 17.8 Å². The second kappa shape index (κ2) is 9.63. The van der Waals surface area contributed by atoms with E-state index in [2.05, 4.69) is 0 Å². The molecule has 0 aromatic rings. The van der Waals surface area contributed by atoms with Gasteiger partial charge in [-0.25, -0.2) is 4.39 Å². The van der Waals surface area contributed by atoms with Crippen LogP contribution in [0.25, 0.3) is 0 Å². The van der Waals surface area contributed by atoms with Crippen molar-refractivity contribution in [2.75, 3.05) is 19.1 Å². The maximum absolute atomic E-state index is 17.9. The number of fused-ring (bicyclic) bond motifs is 5. The number of ketones is 2. The van der Waals surface area contributed by atoms with Gasteiger partial charge in [0.15, 0.2) is 18.1 Å². The normalized spacial score (nSPS) is 43.2. The molecule has 0 bridgehead atoms. The molecule has 0 spiro atoms. The number of alkyl halides is 1. The van der Waals surface area contributed by atoms with E-state index in [1.165, 1.54) is 13.8 Å². The third-order valence-electron chi connectivity index (χ3n) is 9.66. The van der Waals surface area contributed by atoms with Gasteiger partial charge in [-0.15, -0.1) is 0 Å². The molecule has 12 nitrogen and oxygen atoms in total.